The van der Waals surface area contributed by atoms with Gasteiger partial charge in [-0.05, 0) is 24.1 Å². The molecular formula is C21H21N3O3. The number of para-hydroxylation sites is 2. The molecule has 0 saturated carbocycles. The third-order valence-corrected chi connectivity index (χ3v) is 5.15. The maximum atomic E-state index is 12.7. The van der Waals surface area contributed by atoms with Gasteiger partial charge in [-0.3, -0.25) is 14.4 Å². The molecule has 0 bridgehead atoms. The normalized spacial score (nSPS) is 18.4. The topological polar surface area (TPSA) is 69.7 Å². The first kappa shape index (κ1) is 17.3. The van der Waals surface area contributed by atoms with E-state index in [4.69, 9.17) is 0 Å². The molecule has 1 unspecified atom stereocenters. The fourth-order valence-corrected chi connectivity index (χ4v) is 3.66. The number of benzene rings is 2. The van der Waals surface area contributed by atoms with Crippen LogP contribution in [0.4, 0.5) is 11.4 Å². The highest BCUT2D eigenvalue weighted by atomic mass is 16.2. The zero-order valence-electron chi connectivity index (χ0n) is 14.9. The van der Waals surface area contributed by atoms with Crippen molar-refractivity contribution in [3.63, 3.8) is 0 Å². The van der Waals surface area contributed by atoms with Gasteiger partial charge in [-0.2, -0.15) is 0 Å². The molecule has 0 aromatic heterocycles. The van der Waals surface area contributed by atoms with Crippen molar-refractivity contribution >= 4 is 29.1 Å². The third kappa shape index (κ3) is 3.43. The Morgan fingerprint density at radius 1 is 0.963 bits per heavy atom. The standard InChI is InChI=1S/C21H21N3O3/c25-19-14-24(18-9-5-4-8-16(18)22-19)21(27)11-10-20(26)23-13-12-17(23)15-6-2-1-3-7-15/h1-9,17H,10-14H2,(H,22,25). The molecule has 2 heterocycles. The van der Waals surface area contributed by atoms with Gasteiger partial charge in [0.2, 0.25) is 17.7 Å². The van der Waals surface area contributed by atoms with Crippen molar-refractivity contribution in [1.29, 1.82) is 0 Å². The van der Waals surface area contributed by atoms with Crippen molar-refractivity contribution in [1.82, 2.24) is 4.90 Å². The van der Waals surface area contributed by atoms with Crippen LogP contribution in [0, 0.1) is 0 Å². The van der Waals surface area contributed by atoms with Gasteiger partial charge in [0, 0.05) is 19.4 Å². The van der Waals surface area contributed by atoms with Crippen molar-refractivity contribution in [2.45, 2.75) is 25.3 Å². The average Bonchev–Trinajstić information content (AvgIpc) is 2.65. The molecular weight excluding hydrogens is 342 g/mol. The second-order valence-electron chi connectivity index (χ2n) is 6.85. The molecule has 2 aromatic rings. The van der Waals surface area contributed by atoms with Gasteiger partial charge in [0.05, 0.1) is 17.4 Å². The summed E-state index contributed by atoms with van der Waals surface area (Å²) in [6.07, 6.45) is 1.20. The van der Waals surface area contributed by atoms with Crippen LogP contribution in [-0.2, 0) is 14.4 Å². The van der Waals surface area contributed by atoms with E-state index in [0.29, 0.717) is 11.4 Å². The van der Waals surface area contributed by atoms with E-state index < -0.39 is 0 Å². The van der Waals surface area contributed by atoms with Crippen molar-refractivity contribution < 1.29 is 14.4 Å². The largest absolute Gasteiger partial charge is 0.335 e. The minimum atomic E-state index is -0.222. The quantitative estimate of drug-likeness (QED) is 0.908. The van der Waals surface area contributed by atoms with E-state index in [1.807, 2.05) is 47.4 Å². The minimum absolute atomic E-state index is 0.0135. The zero-order valence-corrected chi connectivity index (χ0v) is 14.9. The number of carbonyl (C=O) groups excluding carboxylic acids is 3. The van der Waals surface area contributed by atoms with Crippen LogP contribution in [-0.4, -0.2) is 35.7 Å². The molecule has 138 valence electrons. The van der Waals surface area contributed by atoms with Crippen LogP contribution in [0.5, 0.6) is 0 Å². The van der Waals surface area contributed by atoms with Gasteiger partial charge in [-0.25, -0.2) is 0 Å². The van der Waals surface area contributed by atoms with Gasteiger partial charge in [0.1, 0.15) is 6.54 Å². The maximum Gasteiger partial charge on any atom is 0.244 e. The molecule has 0 aliphatic carbocycles. The summed E-state index contributed by atoms with van der Waals surface area (Å²) in [5.74, 6) is -0.444. The molecule has 1 saturated heterocycles. The number of hydrogen-bond donors (Lipinski definition) is 1. The number of hydrogen-bond acceptors (Lipinski definition) is 3. The van der Waals surface area contributed by atoms with Gasteiger partial charge in [0.15, 0.2) is 0 Å². The molecule has 2 aromatic carbocycles. The molecule has 0 radical (unpaired) electrons. The molecule has 0 spiro atoms. The molecule has 27 heavy (non-hydrogen) atoms. The van der Waals surface area contributed by atoms with E-state index in [2.05, 4.69) is 5.32 Å². The number of anilines is 2. The summed E-state index contributed by atoms with van der Waals surface area (Å²) in [5.41, 5.74) is 2.44. The summed E-state index contributed by atoms with van der Waals surface area (Å²) in [4.78, 5) is 40.4. The van der Waals surface area contributed by atoms with Crippen LogP contribution in [0.3, 0.4) is 0 Å². The molecule has 2 aliphatic rings. The van der Waals surface area contributed by atoms with Gasteiger partial charge in [-0.15, -0.1) is 0 Å². The number of rotatable bonds is 4. The maximum absolute atomic E-state index is 12.7. The second-order valence-corrected chi connectivity index (χ2v) is 6.85. The molecule has 1 fully saturated rings. The first-order valence-corrected chi connectivity index (χ1v) is 9.17. The SMILES string of the molecule is O=C1CN(C(=O)CCC(=O)N2CCC2c2ccccc2)c2ccccc2N1. The highest BCUT2D eigenvalue weighted by molar-refractivity contribution is 6.10. The summed E-state index contributed by atoms with van der Waals surface area (Å²) >= 11 is 0. The Morgan fingerprint density at radius 3 is 2.41 bits per heavy atom. The van der Waals surface area contributed by atoms with Gasteiger partial charge < -0.3 is 15.1 Å². The Hall–Kier alpha value is -3.15. The lowest BCUT2D eigenvalue weighted by Crippen LogP contribution is -2.46. The lowest BCUT2D eigenvalue weighted by atomic mass is 9.94. The predicted octanol–water partition coefficient (Wildman–Crippen LogP) is 2.73. The minimum Gasteiger partial charge on any atom is -0.335 e. The van der Waals surface area contributed by atoms with Crippen molar-refractivity contribution in [3.05, 3.63) is 60.2 Å². The Kier molecular flexibility index (Phi) is 4.62. The highest BCUT2D eigenvalue weighted by Crippen LogP contribution is 2.34. The van der Waals surface area contributed by atoms with Gasteiger partial charge in [0.25, 0.3) is 0 Å². The smallest absolute Gasteiger partial charge is 0.244 e. The Labute approximate surface area is 157 Å². The second kappa shape index (κ2) is 7.23. The summed E-state index contributed by atoms with van der Waals surface area (Å²) in [6.45, 7) is 0.710. The van der Waals surface area contributed by atoms with Gasteiger partial charge in [-0.1, -0.05) is 42.5 Å². The van der Waals surface area contributed by atoms with Crippen molar-refractivity contribution in [2.24, 2.45) is 0 Å². The van der Waals surface area contributed by atoms with E-state index in [9.17, 15) is 14.4 Å². The number of fused-ring (bicyclic) bond motifs is 1. The number of amides is 3. The summed E-state index contributed by atoms with van der Waals surface area (Å²) in [5, 5.41) is 2.76. The molecule has 2 aliphatic heterocycles. The lowest BCUT2D eigenvalue weighted by molar-refractivity contribution is -0.140. The third-order valence-electron chi connectivity index (χ3n) is 5.15. The first-order valence-electron chi connectivity index (χ1n) is 9.17. The van der Waals surface area contributed by atoms with E-state index in [1.165, 1.54) is 4.90 Å². The summed E-state index contributed by atoms with van der Waals surface area (Å²) in [6, 6.07) is 17.3. The van der Waals surface area contributed by atoms with E-state index in [0.717, 1.165) is 18.5 Å². The van der Waals surface area contributed by atoms with Crippen LogP contribution in [0.2, 0.25) is 0 Å². The molecule has 3 amide bonds. The summed E-state index contributed by atoms with van der Waals surface area (Å²) in [7, 11) is 0. The van der Waals surface area contributed by atoms with Crippen LogP contribution in [0.15, 0.2) is 54.6 Å². The van der Waals surface area contributed by atoms with Crippen molar-refractivity contribution in [3.8, 4) is 0 Å². The first-order chi connectivity index (χ1) is 13.1. The fourth-order valence-electron chi connectivity index (χ4n) is 3.66. The van der Waals surface area contributed by atoms with E-state index >= 15 is 0 Å². The predicted molar refractivity (Wildman–Crippen MR) is 102 cm³/mol. The summed E-state index contributed by atoms with van der Waals surface area (Å²) < 4.78 is 0. The number of carbonyl (C=O) groups is 3. The molecule has 1 N–H and O–H groups in total. The average molecular weight is 363 g/mol. The van der Waals surface area contributed by atoms with Crippen LogP contribution >= 0.6 is 0 Å². The monoisotopic (exact) mass is 363 g/mol. The van der Waals surface area contributed by atoms with E-state index in [-0.39, 0.29) is 43.1 Å². The number of nitrogens with one attached hydrogen (secondary N) is 1. The number of likely N-dealkylation sites (tertiary alicyclic amines) is 1. The van der Waals surface area contributed by atoms with Crippen LogP contribution in [0.1, 0.15) is 30.9 Å². The molecule has 1 atom stereocenters. The fraction of sp³-hybridized carbons (Fsp3) is 0.286. The Morgan fingerprint density at radius 2 is 1.67 bits per heavy atom. The highest BCUT2D eigenvalue weighted by Gasteiger charge is 2.34. The Bertz CT molecular complexity index is 881. The van der Waals surface area contributed by atoms with Crippen LogP contribution in [0.25, 0.3) is 0 Å². The Balaban J connectivity index is 1.38. The molecule has 6 nitrogen and oxygen atoms in total. The molecule has 6 heteroatoms. The van der Waals surface area contributed by atoms with Crippen molar-refractivity contribution in [2.75, 3.05) is 23.3 Å². The van der Waals surface area contributed by atoms with Crippen LogP contribution < -0.4 is 10.2 Å². The van der Waals surface area contributed by atoms with E-state index in [1.54, 1.807) is 12.1 Å². The lowest BCUT2D eigenvalue weighted by Gasteiger charge is -2.41. The molecule has 4 rings (SSSR count). The van der Waals surface area contributed by atoms with Gasteiger partial charge >= 0.3 is 0 Å². The zero-order chi connectivity index (χ0) is 18.8. The number of nitrogens with zero attached hydrogens (tertiary/aromatic N) is 2.